The molecule has 0 aliphatic heterocycles. The van der Waals surface area contributed by atoms with E-state index in [2.05, 4.69) is 18.0 Å². The predicted octanol–water partition coefficient (Wildman–Crippen LogP) is 2.97. The molecule has 0 spiro atoms. The average molecular weight is 250 g/mol. The monoisotopic (exact) mass is 250 g/mol. The van der Waals surface area contributed by atoms with Crippen molar-refractivity contribution in [1.82, 2.24) is 0 Å². The van der Waals surface area contributed by atoms with Crippen molar-refractivity contribution < 1.29 is 17.2 Å². The second-order valence-corrected chi connectivity index (χ2v) is 5.47. The minimum absolute atomic E-state index is 0.000351. The summed E-state index contributed by atoms with van der Waals surface area (Å²) in [6, 6.07) is 0. The first-order valence-electron chi connectivity index (χ1n) is 5.58. The van der Waals surface area contributed by atoms with Crippen molar-refractivity contribution in [3.63, 3.8) is 0 Å². The van der Waals surface area contributed by atoms with Crippen LogP contribution in [-0.4, -0.2) is 19.6 Å². The Labute approximate surface area is 98.7 Å². The Kier molecular flexibility index (Phi) is 7.62. The van der Waals surface area contributed by atoms with Gasteiger partial charge in [0.25, 0.3) is 0 Å². The zero-order valence-corrected chi connectivity index (χ0v) is 11.1. The fraction of sp³-hybridized carbons (Fsp3) is 0.818. The minimum atomic E-state index is -4.28. The third-order valence-electron chi connectivity index (χ3n) is 2.20. The first-order chi connectivity index (χ1) is 7.31. The molecule has 1 N–H and O–H groups in total. The van der Waals surface area contributed by atoms with Crippen LogP contribution in [0.15, 0.2) is 11.6 Å². The van der Waals surface area contributed by atoms with Crippen LogP contribution in [0.25, 0.3) is 0 Å². The van der Waals surface area contributed by atoms with Gasteiger partial charge in [-0.05, 0) is 32.1 Å². The van der Waals surface area contributed by atoms with Crippen molar-refractivity contribution in [1.29, 1.82) is 0 Å². The van der Waals surface area contributed by atoms with Crippen LogP contribution < -0.4 is 0 Å². The molecule has 0 aromatic heterocycles. The Bertz CT molecular complexity index is 304. The van der Waals surface area contributed by atoms with Crippen LogP contribution in [0.5, 0.6) is 0 Å². The van der Waals surface area contributed by atoms with E-state index >= 15 is 0 Å². The summed E-state index contributed by atoms with van der Waals surface area (Å²) in [4.78, 5) is 0. The molecule has 0 aliphatic carbocycles. The summed E-state index contributed by atoms with van der Waals surface area (Å²) in [5.41, 5.74) is 1.24. The summed E-state index contributed by atoms with van der Waals surface area (Å²) < 4.78 is 33.0. The predicted molar refractivity (Wildman–Crippen MR) is 64.6 cm³/mol. The molecule has 0 rings (SSSR count). The summed E-state index contributed by atoms with van der Waals surface area (Å²) in [5.74, 6) is 0.718. The van der Waals surface area contributed by atoms with E-state index in [-0.39, 0.29) is 6.61 Å². The highest BCUT2D eigenvalue weighted by atomic mass is 32.3. The van der Waals surface area contributed by atoms with Crippen molar-refractivity contribution in [3.05, 3.63) is 11.6 Å². The first kappa shape index (κ1) is 15.6. The van der Waals surface area contributed by atoms with Crippen LogP contribution in [-0.2, 0) is 14.6 Å². The number of allylic oxidation sites excluding steroid dienone is 1. The van der Waals surface area contributed by atoms with E-state index in [1.807, 2.05) is 13.0 Å². The Morgan fingerprint density at radius 3 is 2.56 bits per heavy atom. The van der Waals surface area contributed by atoms with E-state index in [0.717, 1.165) is 18.8 Å². The van der Waals surface area contributed by atoms with Gasteiger partial charge in [-0.2, -0.15) is 8.42 Å². The van der Waals surface area contributed by atoms with Gasteiger partial charge in [-0.25, -0.2) is 4.18 Å². The lowest BCUT2D eigenvalue weighted by Gasteiger charge is -2.04. The standard InChI is InChI=1S/C11H22O4S/c1-10(2)6-4-7-11(3)8-5-9-15-16(12,13)14/h8,10H,4-7,9H2,1-3H3,(H,12,13,14)/b11-8+. The highest BCUT2D eigenvalue weighted by molar-refractivity contribution is 7.80. The molecule has 0 saturated heterocycles. The summed E-state index contributed by atoms with van der Waals surface area (Å²) in [5, 5.41) is 0. The Hall–Kier alpha value is -0.390. The molecular formula is C11H22O4S. The fourth-order valence-electron chi connectivity index (χ4n) is 1.35. The molecule has 0 amide bonds. The van der Waals surface area contributed by atoms with Gasteiger partial charge in [0.1, 0.15) is 0 Å². The zero-order valence-electron chi connectivity index (χ0n) is 10.3. The lowest BCUT2D eigenvalue weighted by molar-refractivity contribution is 0.273. The molecule has 0 aromatic carbocycles. The second kappa shape index (κ2) is 7.81. The van der Waals surface area contributed by atoms with Crippen LogP contribution in [0.1, 0.15) is 46.5 Å². The van der Waals surface area contributed by atoms with Crippen molar-refractivity contribution in [2.45, 2.75) is 46.5 Å². The SMILES string of the molecule is C/C(=C\CCOS(=O)(=O)O)CCCC(C)C. The van der Waals surface area contributed by atoms with E-state index in [0.29, 0.717) is 6.42 Å². The van der Waals surface area contributed by atoms with Crippen LogP contribution in [0.4, 0.5) is 0 Å². The Balaban J connectivity index is 3.63. The van der Waals surface area contributed by atoms with Crippen LogP contribution in [0.2, 0.25) is 0 Å². The second-order valence-electron chi connectivity index (χ2n) is 4.37. The van der Waals surface area contributed by atoms with E-state index in [9.17, 15) is 8.42 Å². The Morgan fingerprint density at radius 2 is 2.06 bits per heavy atom. The van der Waals surface area contributed by atoms with Gasteiger partial charge < -0.3 is 0 Å². The number of hydrogen-bond acceptors (Lipinski definition) is 3. The maximum absolute atomic E-state index is 10.2. The molecule has 0 aromatic rings. The lowest BCUT2D eigenvalue weighted by atomic mass is 10.0. The van der Waals surface area contributed by atoms with Gasteiger partial charge in [-0.15, -0.1) is 0 Å². The molecule has 16 heavy (non-hydrogen) atoms. The van der Waals surface area contributed by atoms with Gasteiger partial charge >= 0.3 is 10.4 Å². The molecule has 0 bridgehead atoms. The number of rotatable bonds is 8. The van der Waals surface area contributed by atoms with Crippen molar-refractivity contribution >= 4 is 10.4 Å². The van der Waals surface area contributed by atoms with Gasteiger partial charge in [0.05, 0.1) is 6.61 Å². The number of hydrogen-bond donors (Lipinski definition) is 1. The third-order valence-corrected chi connectivity index (χ3v) is 2.66. The minimum Gasteiger partial charge on any atom is -0.264 e. The van der Waals surface area contributed by atoms with Crippen molar-refractivity contribution in [3.8, 4) is 0 Å². The lowest BCUT2D eigenvalue weighted by Crippen LogP contribution is -2.04. The van der Waals surface area contributed by atoms with E-state index in [1.54, 1.807) is 0 Å². The summed E-state index contributed by atoms with van der Waals surface area (Å²) in [6.07, 6.45) is 5.84. The first-order valence-corrected chi connectivity index (χ1v) is 6.95. The molecule has 0 saturated carbocycles. The zero-order chi connectivity index (χ0) is 12.6. The van der Waals surface area contributed by atoms with Crippen LogP contribution >= 0.6 is 0 Å². The molecular weight excluding hydrogens is 228 g/mol. The molecule has 0 heterocycles. The smallest absolute Gasteiger partial charge is 0.264 e. The van der Waals surface area contributed by atoms with Gasteiger partial charge in [-0.1, -0.05) is 31.9 Å². The highest BCUT2D eigenvalue weighted by Gasteiger charge is 2.02. The largest absolute Gasteiger partial charge is 0.397 e. The quantitative estimate of drug-likeness (QED) is 0.408. The fourth-order valence-corrected chi connectivity index (χ4v) is 1.66. The molecule has 4 nitrogen and oxygen atoms in total. The van der Waals surface area contributed by atoms with Gasteiger partial charge in [-0.3, -0.25) is 4.55 Å². The van der Waals surface area contributed by atoms with E-state index < -0.39 is 10.4 Å². The normalized spacial score (nSPS) is 13.4. The molecule has 0 radical (unpaired) electrons. The molecule has 5 heteroatoms. The summed E-state index contributed by atoms with van der Waals surface area (Å²) in [7, 11) is -4.28. The molecule has 96 valence electrons. The maximum Gasteiger partial charge on any atom is 0.397 e. The topological polar surface area (TPSA) is 63.6 Å². The maximum atomic E-state index is 10.2. The summed E-state index contributed by atoms with van der Waals surface area (Å²) >= 11 is 0. The highest BCUT2D eigenvalue weighted by Crippen LogP contribution is 2.12. The van der Waals surface area contributed by atoms with Crippen molar-refractivity contribution in [2.24, 2.45) is 5.92 Å². The van der Waals surface area contributed by atoms with Crippen LogP contribution in [0, 0.1) is 5.92 Å². The van der Waals surface area contributed by atoms with Gasteiger partial charge in [0.15, 0.2) is 0 Å². The van der Waals surface area contributed by atoms with Gasteiger partial charge in [0.2, 0.25) is 0 Å². The molecule has 0 atom stereocenters. The van der Waals surface area contributed by atoms with E-state index in [4.69, 9.17) is 4.55 Å². The average Bonchev–Trinajstić information content (AvgIpc) is 2.10. The van der Waals surface area contributed by atoms with Crippen LogP contribution in [0.3, 0.4) is 0 Å². The van der Waals surface area contributed by atoms with Crippen molar-refractivity contribution in [2.75, 3.05) is 6.61 Å². The van der Waals surface area contributed by atoms with Gasteiger partial charge in [0, 0.05) is 0 Å². The third kappa shape index (κ3) is 11.7. The molecule has 0 unspecified atom stereocenters. The van der Waals surface area contributed by atoms with E-state index in [1.165, 1.54) is 12.0 Å². The Morgan fingerprint density at radius 1 is 1.44 bits per heavy atom. The molecule has 0 fully saturated rings. The summed E-state index contributed by atoms with van der Waals surface area (Å²) in [6.45, 7) is 6.41. The molecule has 0 aliphatic rings.